The zero-order valence-electron chi connectivity index (χ0n) is 18.5. The van der Waals surface area contributed by atoms with Gasteiger partial charge in [-0.2, -0.15) is 20.7 Å². The third-order valence-electron chi connectivity index (χ3n) is 5.36. The molecule has 1 aliphatic heterocycles. The number of morpholine rings is 1. The van der Waals surface area contributed by atoms with Crippen LogP contribution >= 0.6 is 22.7 Å². The van der Waals surface area contributed by atoms with Gasteiger partial charge in [0.1, 0.15) is 5.82 Å². The summed E-state index contributed by atoms with van der Waals surface area (Å²) in [5.41, 5.74) is 3.13. The van der Waals surface area contributed by atoms with Crippen LogP contribution in [0.4, 0.5) is 10.1 Å². The summed E-state index contributed by atoms with van der Waals surface area (Å²) in [4.78, 5) is 5.53. The standard InChI is InChI=1S/C24H21FN4O3S3/c25-20-3-1-19(2-4-20)23-17-34-24(29(23)26-15-18-9-14-33-16-18)27-21-5-7-22(8-6-21)35(30,31)28-10-12-32-13-11-28/h1-9,14-17H,10-13H2. The topological polar surface area (TPSA) is 76.3 Å². The Morgan fingerprint density at radius 1 is 0.971 bits per heavy atom. The van der Waals surface area contributed by atoms with Gasteiger partial charge >= 0.3 is 0 Å². The second-order valence-electron chi connectivity index (χ2n) is 7.65. The zero-order chi connectivity index (χ0) is 24.3. The van der Waals surface area contributed by atoms with Crippen molar-refractivity contribution in [1.82, 2.24) is 8.98 Å². The van der Waals surface area contributed by atoms with Crippen molar-refractivity contribution in [3.8, 4) is 11.3 Å². The van der Waals surface area contributed by atoms with E-state index >= 15 is 0 Å². The lowest BCUT2D eigenvalue weighted by Gasteiger charge is -2.26. The van der Waals surface area contributed by atoms with E-state index in [-0.39, 0.29) is 10.7 Å². The first-order valence-electron chi connectivity index (χ1n) is 10.8. The van der Waals surface area contributed by atoms with Gasteiger partial charge in [-0.3, -0.25) is 0 Å². The summed E-state index contributed by atoms with van der Waals surface area (Å²) in [5, 5.41) is 10.5. The number of benzene rings is 2. The lowest BCUT2D eigenvalue weighted by Crippen LogP contribution is -2.40. The molecule has 2 aromatic carbocycles. The lowest BCUT2D eigenvalue weighted by atomic mass is 10.2. The van der Waals surface area contributed by atoms with Gasteiger partial charge in [0.2, 0.25) is 14.8 Å². The van der Waals surface area contributed by atoms with Gasteiger partial charge in [0.15, 0.2) is 0 Å². The Bertz CT molecular complexity index is 1480. The molecule has 0 aliphatic carbocycles. The minimum atomic E-state index is -3.57. The number of aromatic nitrogens is 1. The molecule has 1 aliphatic rings. The molecule has 5 rings (SSSR count). The van der Waals surface area contributed by atoms with Crippen LogP contribution in [0.25, 0.3) is 11.3 Å². The molecule has 7 nitrogen and oxygen atoms in total. The van der Waals surface area contributed by atoms with E-state index in [0.717, 1.165) is 16.8 Å². The van der Waals surface area contributed by atoms with Crippen LogP contribution in [0.1, 0.15) is 5.56 Å². The Labute approximate surface area is 210 Å². The molecule has 4 aromatic rings. The van der Waals surface area contributed by atoms with E-state index in [0.29, 0.717) is 36.8 Å². The molecule has 1 saturated heterocycles. The first-order valence-corrected chi connectivity index (χ1v) is 14.0. The molecule has 3 heterocycles. The van der Waals surface area contributed by atoms with Crippen molar-refractivity contribution in [1.29, 1.82) is 0 Å². The summed E-state index contributed by atoms with van der Waals surface area (Å²) in [6.45, 7) is 1.48. The van der Waals surface area contributed by atoms with Crippen LogP contribution in [0.15, 0.2) is 85.7 Å². The summed E-state index contributed by atoms with van der Waals surface area (Å²) >= 11 is 2.97. The molecule has 0 N–H and O–H groups in total. The van der Waals surface area contributed by atoms with Crippen molar-refractivity contribution in [3.63, 3.8) is 0 Å². The Hall–Kier alpha value is -2.96. The van der Waals surface area contributed by atoms with E-state index in [2.05, 4.69) is 5.10 Å². The third-order valence-corrected chi connectivity index (χ3v) is 8.79. The zero-order valence-corrected chi connectivity index (χ0v) is 20.9. The molecular weight excluding hydrogens is 507 g/mol. The van der Waals surface area contributed by atoms with Crippen LogP contribution in [0.2, 0.25) is 0 Å². The fourth-order valence-corrected chi connectivity index (χ4v) is 6.39. The second kappa shape index (κ2) is 10.3. The van der Waals surface area contributed by atoms with Crippen molar-refractivity contribution in [2.24, 2.45) is 10.1 Å². The third kappa shape index (κ3) is 5.34. The van der Waals surface area contributed by atoms with Crippen LogP contribution in [0.5, 0.6) is 0 Å². The Balaban J connectivity index is 1.50. The van der Waals surface area contributed by atoms with Crippen LogP contribution < -0.4 is 4.80 Å². The van der Waals surface area contributed by atoms with Crippen molar-refractivity contribution >= 4 is 44.6 Å². The van der Waals surface area contributed by atoms with E-state index < -0.39 is 10.0 Å². The highest BCUT2D eigenvalue weighted by molar-refractivity contribution is 7.89. The summed E-state index contributed by atoms with van der Waals surface area (Å²) in [6, 6.07) is 14.7. The number of sulfonamides is 1. The minimum Gasteiger partial charge on any atom is -0.379 e. The maximum absolute atomic E-state index is 13.5. The molecule has 0 amide bonds. The number of thiophene rings is 1. The van der Waals surface area contributed by atoms with E-state index in [1.165, 1.54) is 27.8 Å². The van der Waals surface area contributed by atoms with Gasteiger partial charge in [-0.05, 0) is 65.4 Å². The van der Waals surface area contributed by atoms with Gasteiger partial charge in [0.25, 0.3) is 0 Å². The van der Waals surface area contributed by atoms with Gasteiger partial charge in [-0.25, -0.2) is 22.5 Å². The Kier molecular flexibility index (Phi) is 7.02. The molecule has 0 radical (unpaired) electrons. The number of ether oxygens (including phenoxy) is 1. The first-order chi connectivity index (χ1) is 17.0. The maximum Gasteiger partial charge on any atom is 0.243 e. The number of hydrogen-bond acceptors (Lipinski definition) is 7. The summed E-state index contributed by atoms with van der Waals surface area (Å²) < 4.78 is 47.6. The van der Waals surface area contributed by atoms with Crippen molar-refractivity contribution in [2.75, 3.05) is 26.3 Å². The first kappa shape index (κ1) is 23.8. The van der Waals surface area contributed by atoms with E-state index in [9.17, 15) is 12.8 Å². The van der Waals surface area contributed by atoms with Crippen LogP contribution in [-0.4, -0.2) is 49.9 Å². The quantitative estimate of drug-likeness (QED) is 0.345. The van der Waals surface area contributed by atoms with Crippen LogP contribution in [0.3, 0.4) is 0 Å². The molecule has 35 heavy (non-hydrogen) atoms. The van der Waals surface area contributed by atoms with E-state index in [4.69, 9.17) is 9.73 Å². The number of nitrogens with zero attached hydrogens (tertiary/aromatic N) is 4. The summed E-state index contributed by atoms with van der Waals surface area (Å²) in [7, 11) is -3.57. The second-order valence-corrected chi connectivity index (χ2v) is 11.2. The SMILES string of the molecule is O=S(=O)(c1ccc(N=c2scc(-c3ccc(F)cc3)n2N=Cc2ccsc2)cc1)N1CCOCC1. The Morgan fingerprint density at radius 2 is 1.71 bits per heavy atom. The molecule has 0 unspecified atom stereocenters. The highest BCUT2D eigenvalue weighted by atomic mass is 32.2. The average molecular weight is 529 g/mol. The normalized spacial score (nSPS) is 15.7. The smallest absolute Gasteiger partial charge is 0.243 e. The van der Waals surface area contributed by atoms with Crippen molar-refractivity contribution < 1.29 is 17.5 Å². The van der Waals surface area contributed by atoms with Crippen LogP contribution in [0, 0.1) is 5.82 Å². The van der Waals surface area contributed by atoms with E-state index in [1.54, 1.807) is 58.6 Å². The lowest BCUT2D eigenvalue weighted by molar-refractivity contribution is 0.0730. The molecule has 1 fully saturated rings. The fraction of sp³-hybridized carbons (Fsp3) is 0.167. The Morgan fingerprint density at radius 3 is 2.40 bits per heavy atom. The van der Waals surface area contributed by atoms with Gasteiger partial charge in [-0.1, -0.05) is 0 Å². The van der Waals surface area contributed by atoms with Gasteiger partial charge in [0.05, 0.1) is 35.7 Å². The van der Waals surface area contributed by atoms with Gasteiger partial charge < -0.3 is 4.74 Å². The number of hydrogen-bond donors (Lipinski definition) is 0. The summed E-state index contributed by atoms with van der Waals surface area (Å²) in [5.74, 6) is -0.311. The molecule has 11 heteroatoms. The fourth-order valence-electron chi connectivity index (χ4n) is 3.52. The number of halogens is 1. The molecule has 0 bridgehead atoms. The molecule has 2 aromatic heterocycles. The number of thiazole rings is 1. The number of rotatable bonds is 6. The van der Waals surface area contributed by atoms with Crippen molar-refractivity contribution in [3.05, 3.63) is 86.9 Å². The molecule has 0 spiro atoms. The molecule has 0 saturated carbocycles. The molecular formula is C24H21FN4O3S3. The highest BCUT2D eigenvalue weighted by Gasteiger charge is 2.26. The van der Waals surface area contributed by atoms with E-state index in [1.807, 2.05) is 22.2 Å². The monoisotopic (exact) mass is 528 g/mol. The minimum absolute atomic E-state index is 0.222. The largest absolute Gasteiger partial charge is 0.379 e. The van der Waals surface area contributed by atoms with Crippen molar-refractivity contribution in [2.45, 2.75) is 4.90 Å². The average Bonchev–Trinajstić information content (AvgIpc) is 3.54. The van der Waals surface area contributed by atoms with Crippen LogP contribution in [-0.2, 0) is 14.8 Å². The molecule has 180 valence electrons. The predicted octanol–water partition coefficient (Wildman–Crippen LogP) is 4.55. The maximum atomic E-state index is 13.5. The van der Waals surface area contributed by atoms with Gasteiger partial charge in [0, 0.05) is 29.6 Å². The van der Waals surface area contributed by atoms with Gasteiger partial charge in [-0.15, -0.1) is 11.3 Å². The predicted molar refractivity (Wildman–Crippen MR) is 136 cm³/mol. The highest BCUT2D eigenvalue weighted by Crippen LogP contribution is 2.23. The molecule has 0 atom stereocenters. The summed E-state index contributed by atoms with van der Waals surface area (Å²) in [6.07, 6.45) is 1.74.